The maximum Gasteiger partial charge on any atom is 0.216 e. The first-order chi connectivity index (χ1) is 12.2. The van der Waals surface area contributed by atoms with Gasteiger partial charge in [0.15, 0.2) is 0 Å². The first-order valence-corrected chi connectivity index (χ1v) is 8.07. The Hall–Kier alpha value is -2.86. The van der Waals surface area contributed by atoms with Crippen LogP contribution in [-0.2, 0) is 0 Å². The lowest BCUT2D eigenvalue weighted by Crippen LogP contribution is -2.46. The number of hydrogen-bond acceptors (Lipinski definition) is 5. The zero-order valence-electron chi connectivity index (χ0n) is 14.1. The second-order valence-corrected chi connectivity index (χ2v) is 5.71. The van der Waals surface area contributed by atoms with Crippen molar-refractivity contribution in [2.24, 2.45) is 11.6 Å². The molecule has 5 nitrogen and oxygen atoms in total. The number of rotatable bonds is 6. The molecule has 3 aromatic rings. The number of nitrogens with two attached hydrogens (primary N) is 2. The van der Waals surface area contributed by atoms with E-state index in [2.05, 4.69) is 53.6 Å². The fourth-order valence-electron chi connectivity index (χ4n) is 2.57. The number of anilines is 3. The van der Waals surface area contributed by atoms with Gasteiger partial charge >= 0.3 is 0 Å². The molecular weight excluding hydrogens is 312 g/mol. The molecule has 1 atom stereocenters. The van der Waals surface area contributed by atoms with Gasteiger partial charge in [-0.1, -0.05) is 35.9 Å². The number of para-hydroxylation sites is 1. The zero-order valence-corrected chi connectivity index (χ0v) is 14.1. The molecule has 0 heterocycles. The molecule has 0 fully saturated rings. The molecule has 3 rings (SSSR count). The molecule has 0 aliphatic carbocycles. The predicted molar refractivity (Wildman–Crippen MR) is 102 cm³/mol. The highest BCUT2D eigenvalue weighted by molar-refractivity contribution is 5.76. The van der Waals surface area contributed by atoms with Gasteiger partial charge < -0.3 is 9.64 Å². The van der Waals surface area contributed by atoms with Gasteiger partial charge in [0, 0.05) is 17.1 Å². The molecule has 0 aliphatic rings. The molecule has 25 heavy (non-hydrogen) atoms. The second-order valence-electron chi connectivity index (χ2n) is 5.71. The third kappa shape index (κ3) is 4.16. The Bertz CT molecular complexity index is 788. The van der Waals surface area contributed by atoms with E-state index in [-0.39, 0.29) is 0 Å². The minimum Gasteiger partial charge on any atom is -0.461 e. The van der Waals surface area contributed by atoms with E-state index in [0.29, 0.717) is 5.75 Å². The molecule has 128 valence electrons. The van der Waals surface area contributed by atoms with Crippen molar-refractivity contribution in [3.05, 3.63) is 84.4 Å². The Morgan fingerprint density at radius 2 is 1.32 bits per heavy atom. The molecule has 0 spiro atoms. The lowest BCUT2D eigenvalue weighted by Gasteiger charge is -2.25. The lowest BCUT2D eigenvalue weighted by atomic mass is 10.1. The standard InChI is InChI=1S/C20H22N4O/c1-15-7-9-17(10-8-15)24(16-5-3-2-4-6-16)18-11-13-19(14-12-18)25-20(21)23-22/h2-14,20,23H,21-22H2,1H3. The monoisotopic (exact) mass is 334 g/mol. The summed E-state index contributed by atoms with van der Waals surface area (Å²) in [6.45, 7) is 2.08. The van der Waals surface area contributed by atoms with Crippen LogP contribution in [0.15, 0.2) is 78.9 Å². The summed E-state index contributed by atoms with van der Waals surface area (Å²) in [5.74, 6) is 5.90. The van der Waals surface area contributed by atoms with Gasteiger partial charge in [-0.15, -0.1) is 0 Å². The van der Waals surface area contributed by atoms with Crippen LogP contribution >= 0.6 is 0 Å². The fraction of sp³-hybridized carbons (Fsp3) is 0.100. The minimum atomic E-state index is -0.742. The summed E-state index contributed by atoms with van der Waals surface area (Å²) in [5.41, 5.74) is 12.4. The van der Waals surface area contributed by atoms with Gasteiger partial charge in [0.2, 0.25) is 6.35 Å². The highest BCUT2D eigenvalue weighted by atomic mass is 16.5. The number of hydrazine groups is 1. The normalized spacial score (nSPS) is 11.8. The summed E-state index contributed by atoms with van der Waals surface area (Å²) in [4.78, 5) is 2.18. The van der Waals surface area contributed by atoms with E-state index >= 15 is 0 Å². The Morgan fingerprint density at radius 1 is 0.800 bits per heavy atom. The van der Waals surface area contributed by atoms with Gasteiger partial charge in [0.1, 0.15) is 5.75 Å². The lowest BCUT2D eigenvalue weighted by molar-refractivity contribution is 0.172. The molecule has 0 aliphatic heterocycles. The number of nitrogens with one attached hydrogen (secondary N) is 1. The van der Waals surface area contributed by atoms with Crippen LogP contribution in [0.2, 0.25) is 0 Å². The van der Waals surface area contributed by atoms with Crippen molar-refractivity contribution in [2.45, 2.75) is 13.3 Å². The Balaban J connectivity index is 1.96. The molecule has 0 aromatic heterocycles. The van der Waals surface area contributed by atoms with E-state index in [0.717, 1.165) is 17.1 Å². The molecule has 5 N–H and O–H groups in total. The summed E-state index contributed by atoms with van der Waals surface area (Å²) in [5, 5.41) is 0. The second kappa shape index (κ2) is 7.81. The number of aryl methyl sites for hydroxylation is 1. The van der Waals surface area contributed by atoms with Crippen LogP contribution < -0.4 is 26.6 Å². The zero-order chi connectivity index (χ0) is 17.6. The van der Waals surface area contributed by atoms with Gasteiger partial charge in [-0.2, -0.15) is 0 Å². The molecular formula is C20H22N4O. The van der Waals surface area contributed by atoms with E-state index in [1.165, 1.54) is 5.56 Å². The largest absolute Gasteiger partial charge is 0.461 e. The van der Waals surface area contributed by atoms with E-state index in [1.807, 2.05) is 42.5 Å². The van der Waals surface area contributed by atoms with Crippen LogP contribution in [0.25, 0.3) is 0 Å². The summed E-state index contributed by atoms with van der Waals surface area (Å²) < 4.78 is 5.45. The van der Waals surface area contributed by atoms with Crippen molar-refractivity contribution < 1.29 is 4.74 Å². The molecule has 0 saturated heterocycles. The molecule has 0 amide bonds. The fourth-order valence-corrected chi connectivity index (χ4v) is 2.57. The van der Waals surface area contributed by atoms with Crippen molar-refractivity contribution >= 4 is 17.1 Å². The van der Waals surface area contributed by atoms with Crippen LogP contribution in [0.3, 0.4) is 0 Å². The van der Waals surface area contributed by atoms with E-state index in [9.17, 15) is 0 Å². The quantitative estimate of drug-likeness (QED) is 0.365. The average Bonchev–Trinajstić information content (AvgIpc) is 2.66. The van der Waals surface area contributed by atoms with Gasteiger partial charge in [0.25, 0.3) is 0 Å². The number of hydrogen-bond donors (Lipinski definition) is 3. The SMILES string of the molecule is Cc1ccc(N(c2ccccc2)c2ccc(OC(N)NN)cc2)cc1. The first kappa shape index (κ1) is 17.0. The predicted octanol–water partition coefficient (Wildman–Crippen LogP) is 3.55. The summed E-state index contributed by atoms with van der Waals surface area (Å²) >= 11 is 0. The van der Waals surface area contributed by atoms with E-state index < -0.39 is 6.35 Å². The summed E-state index contributed by atoms with van der Waals surface area (Å²) in [6.07, 6.45) is -0.742. The average molecular weight is 334 g/mol. The molecule has 0 bridgehead atoms. The van der Waals surface area contributed by atoms with Gasteiger partial charge in [-0.05, 0) is 55.5 Å². The van der Waals surface area contributed by atoms with Crippen LogP contribution in [0.1, 0.15) is 5.56 Å². The third-order valence-electron chi connectivity index (χ3n) is 3.83. The Morgan fingerprint density at radius 3 is 1.88 bits per heavy atom. The van der Waals surface area contributed by atoms with Crippen molar-refractivity contribution in [1.29, 1.82) is 0 Å². The van der Waals surface area contributed by atoms with Crippen LogP contribution in [0.5, 0.6) is 5.75 Å². The molecule has 0 radical (unpaired) electrons. The Kier molecular flexibility index (Phi) is 5.30. The maximum atomic E-state index is 5.63. The van der Waals surface area contributed by atoms with Gasteiger partial charge in [0.05, 0.1) is 0 Å². The minimum absolute atomic E-state index is 0.645. The molecule has 1 unspecified atom stereocenters. The van der Waals surface area contributed by atoms with Crippen molar-refractivity contribution in [3.63, 3.8) is 0 Å². The number of benzene rings is 3. The van der Waals surface area contributed by atoms with Crippen LogP contribution in [0, 0.1) is 6.92 Å². The van der Waals surface area contributed by atoms with Crippen molar-refractivity contribution in [2.75, 3.05) is 4.90 Å². The smallest absolute Gasteiger partial charge is 0.216 e. The highest BCUT2D eigenvalue weighted by Crippen LogP contribution is 2.35. The number of nitrogens with zero attached hydrogens (tertiary/aromatic N) is 1. The Labute approximate surface area is 147 Å². The van der Waals surface area contributed by atoms with Gasteiger partial charge in [-0.25, -0.2) is 5.43 Å². The molecule has 5 heteroatoms. The number of ether oxygens (including phenoxy) is 1. The van der Waals surface area contributed by atoms with Crippen molar-refractivity contribution in [3.8, 4) is 5.75 Å². The van der Waals surface area contributed by atoms with Crippen molar-refractivity contribution in [1.82, 2.24) is 5.43 Å². The maximum absolute atomic E-state index is 5.63. The topological polar surface area (TPSA) is 76.5 Å². The molecule has 3 aromatic carbocycles. The van der Waals surface area contributed by atoms with Crippen LogP contribution in [-0.4, -0.2) is 6.35 Å². The van der Waals surface area contributed by atoms with Crippen LogP contribution in [0.4, 0.5) is 17.1 Å². The summed E-state index contributed by atoms with van der Waals surface area (Å²) in [7, 11) is 0. The highest BCUT2D eigenvalue weighted by Gasteiger charge is 2.12. The molecule has 0 saturated carbocycles. The van der Waals surface area contributed by atoms with E-state index in [4.69, 9.17) is 16.3 Å². The van der Waals surface area contributed by atoms with Gasteiger partial charge in [-0.3, -0.25) is 11.6 Å². The third-order valence-corrected chi connectivity index (χ3v) is 3.83. The van der Waals surface area contributed by atoms with E-state index in [1.54, 1.807) is 0 Å². The first-order valence-electron chi connectivity index (χ1n) is 8.07. The summed E-state index contributed by atoms with van der Waals surface area (Å²) in [6, 6.07) is 26.4.